The maximum Gasteiger partial charge on any atom is 0.256 e. The topological polar surface area (TPSA) is 8.81 Å². The molecule has 0 amide bonds. The average molecular weight is 630 g/mol. The number of rotatable bonds is 37. The van der Waals surface area contributed by atoms with Crippen molar-refractivity contribution in [3.05, 3.63) is 18.2 Å². The van der Waals surface area contributed by atoms with Crippen LogP contribution in [0, 0.1) is 0 Å². The molecule has 266 valence electrons. The third-order valence-corrected chi connectivity index (χ3v) is 10.3. The normalized spacial score (nSPS) is 11.6. The maximum atomic E-state index is 2.64. The predicted octanol–water partition coefficient (Wildman–Crippen LogP) is 14.6. The van der Waals surface area contributed by atoms with Gasteiger partial charge in [-0.2, -0.15) is 0 Å². The Morgan fingerprint density at radius 2 is 0.689 bits per heavy atom. The minimum Gasteiger partial charge on any atom is -0.234 e. The van der Waals surface area contributed by atoms with E-state index in [9.17, 15) is 0 Å². The van der Waals surface area contributed by atoms with Gasteiger partial charge in [0.05, 0.1) is 13.1 Å². The minimum absolute atomic E-state index is 1.23. The van der Waals surface area contributed by atoms with E-state index in [1.807, 2.05) is 0 Å². The van der Waals surface area contributed by atoms with Crippen molar-refractivity contribution in [1.29, 1.82) is 0 Å². The number of hydrogen-bond acceptors (Lipinski definition) is 0. The molecule has 0 saturated carbocycles. The van der Waals surface area contributed by atoms with Gasteiger partial charge in [0.1, 0.15) is 12.4 Å². The van der Waals surface area contributed by atoms with Gasteiger partial charge in [0.15, 0.2) is 0 Å². The van der Waals surface area contributed by atoms with E-state index in [1.165, 1.54) is 238 Å². The van der Waals surface area contributed by atoms with Crippen molar-refractivity contribution in [2.75, 3.05) is 0 Å². The predicted molar refractivity (Wildman–Crippen MR) is 202 cm³/mol. The highest BCUT2D eigenvalue weighted by atomic mass is 15.1. The summed E-state index contributed by atoms with van der Waals surface area (Å²) in [7, 11) is 0. The van der Waals surface area contributed by atoms with E-state index in [-0.39, 0.29) is 0 Å². The molecule has 0 N–H and O–H groups in total. The van der Waals surface area contributed by atoms with Gasteiger partial charge in [0, 0.05) is 6.42 Å². The Balaban J connectivity index is 2.26. The van der Waals surface area contributed by atoms with E-state index in [0.717, 1.165) is 0 Å². The van der Waals surface area contributed by atoms with Crippen LogP contribution in [0.15, 0.2) is 12.4 Å². The summed E-state index contributed by atoms with van der Waals surface area (Å²) >= 11 is 0. The summed E-state index contributed by atoms with van der Waals surface area (Å²) in [6.45, 7) is 9.41. The highest BCUT2D eigenvalue weighted by Gasteiger charge is 2.16. The van der Waals surface area contributed by atoms with Crippen LogP contribution in [0.4, 0.5) is 0 Å². The Bertz CT molecular complexity index is 692. The fourth-order valence-electron chi connectivity index (χ4n) is 7.21. The van der Waals surface area contributed by atoms with Gasteiger partial charge in [0.2, 0.25) is 0 Å². The van der Waals surface area contributed by atoms with Crippen LogP contribution < -0.4 is 4.57 Å². The number of aromatic nitrogens is 2. The first-order chi connectivity index (χ1) is 22.3. The van der Waals surface area contributed by atoms with Crippen LogP contribution >= 0.6 is 0 Å². The molecule has 0 unspecified atom stereocenters. The van der Waals surface area contributed by atoms with Gasteiger partial charge in [0.25, 0.3) is 5.82 Å². The number of aryl methyl sites for hydroxylation is 2. The molecule has 0 atom stereocenters. The van der Waals surface area contributed by atoms with Crippen LogP contribution in [0.2, 0.25) is 0 Å². The quantitative estimate of drug-likeness (QED) is 0.0511. The summed E-state index contributed by atoms with van der Waals surface area (Å²) in [4.78, 5) is 0. The first-order valence-corrected chi connectivity index (χ1v) is 21.4. The Kier molecular flexibility index (Phi) is 32.4. The molecule has 0 aliphatic heterocycles. The number of hydrogen-bond donors (Lipinski definition) is 0. The zero-order valence-corrected chi connectivity index (χ0v) is 31.7. The van der Waals surface area contributed by atoms with Crippen molar-refractivity contribution in [2.24, 2.45) is 0 Å². The summed E-state index contributed by atoms with van der Waals surface area (Å²) in [5.41, 5.74) is 0. The summed E-state index contributed by atoms with van der Waals surface area (Å²) in [6, 6.07) is 0. The van der Waals surface area contributed by atoms with Crippen LogP contribution in [0.3, 0.4) is 0 Å². The van der Waals surface area contributed by atoms with E-state index in [1.54, 1.807) is 5.82 Å². The zero-order valence-electron chi connectivity index (χ0n) is 31.7. The molecular weight excluding hydrogens is 544 g/mol. The Hall–Kier alpha value is -0.790. The fraction of sp³-hybridized carbons (Fsp3) is 0.930. The lowest BCUT2D eigenvalue weighted by atomic mass is 10.0. The zero-order chi connectivity index (χ0) is 32.3. The van der Waals surface area contributed by atoms with Crippen LogP contribution in [-0.2, 0) is 19.5 Å². The smallest absolute Gasteiger partial charge is 0.234 e. The van der Waals surface area contributed by atoms with E-state index in [2.05, 4.69) is 42.3 Å². The summed E-state index contributed by atoms with van der Waals surface area (Å²) in [5, 5.41) is 0. The molecule has 1 rings (SSSR count). The molecule has 1 aromatic heterocycles. The summed E-state index contributed by atoms with van der Waals surface area (Å²) < 4.78 is 5.28. The molecule has 45 heavy (non-hydrogen) atoms. The average Bonchev–Trinajstić information content (AvgIpc) is 3.43. The van der Waals surface area contributed by atoms with Gasteiger partial charge in [-0.25, -0.2) is 9.13 Å². The highest BCUT2D eigenvalue weighted by Crippen LogP contribution is 2.16. The molecule has 2 nitrogen and oxygen atoms in total. The molecule has 0 aliphatic rings. The number of unbranched alkanes of at least 4 members (excludes halogenated alkanes) is 31. The maximum absolute atomic E-state index is 2.64. The van der Waals surface area contributed by atoms with E-state index in [4.69, 9.17) is 0 Å². The van der Waals surface area contributed by atoms with Gasteiger partial charge in [-0.3, -0.25) is 0 Å². The lowest BCUT2D eigenvalue weighted by Gasteiger charge is -2.07. The summed E-state index contributed by atoms with van der Waals surface area (Å²) in [6.07, 6.45) is 54.9. The van der Waals surface area contributed by atoms with E-state index >= 15 is 0 Å². The largest absolute Gasteiger partial charge is 0.256 e. The number of imidazole rings is 1. The lowest BCUT2D eigenvalue weighted by Crippen LogP contribution is -2.37. The van der Waals surface area contributed by atoms with Crippen LogP contribution in [0.1, 0.15) is 245 Å². The molecule has 0 saturated heterocycles. The van der Waals surface area contributed by atoms with Gasteiger partial charge < -0.3 is 0 Å². The van der Waals surface area contributed by atoms with Crippen LogP contribution in [0.25, 0.3) is 0 Å². The van der Waals surface area contributed by atoms with Crippen molar-refractivity contribution in [3.8, 4) is 0 Å². The summed E-state index contributed by atoms with van der Waals surface area (Å²) in [5.74, 6) is 1.62. The van der Waals surface area contributed by atoms with Gasteiger partial charge in [-0.1, -0.05) is 207 Å². The number of nitrogens with zero attached hydrogens (tertiary/aromatic N) is 2. The monoisotopic (exact) mass is 630 g/mol. The van der Waals surface area contributed by atoms with Crippen molar-refractivity contribution >= 4 is 0 Å². The Labute approximate surface area is 285 Å². The molecule has 0 fully saturated rings. The van der Waals surface area contributed by atoms with Crippen molar-refractivity contribution in [3.63, 3.8) is 0 Å². The highest BCUT2D eigenvalue weighted by molar-refractivity contribution is 4.84. The second kappa shape index (κ2) is 34.5. The third kappa shape index (κ3) is 26.9. The SMILES string of the molecule is CCCCCCCCCCCCCCCCCn1cc[n+](CCCCCCCCCCCC)c1CCCCCCCCCCC. The van der Waals surface area contributed by atoms with Crippen molar-refractivity contribution in [2.45, 2.75) is 259 Å². The molecule has 2 heteroatoms. The minimum atomic E-state index is 1.23. The first kappa shape index (κ1) is 42.2. The first-order valence-electron chi connectivity index (χ1n) is 21.4. The van der Waals surface area contributed by atoms with Crippen LogP contribution in [0.5, 0.6) is 0 Å². The molecule has 1 aromatic rings. The van der Waals surface area contributed by atoms with Crippen LogP contribution in [-0.4, -0.2) is 4.57 Å². The molecule has 1 heterocycles. The van der Waals surface area contributed by atoms with Crippen molar-refractivity contribution in [1.82, 2.24) is 4.57 Å². The third-order valence-electron chi connectivity index (χ3n) is 10.3. The fourth-order valence-corrected chi connectivity index (χ4v) is 7.21. The van der Waals surface area contributed by atoms with Crippen molar-refractivity contribution < 1.29 is 4.57 Å². The lowest BCUT2D eigenvalue weighted by molar-refractivity contribution is -0.704. The second-order valence-electron chi connectivity index (χ2n) is 14.8. The Morgan fingerprint density at radius 3 is 1.07 bits per heavy atom. The van der Waals surface area contributed by atoms with E-state index in [0.29, 0.717) is 0 Å². The van der Waals surface area contributed by atoms with Gasteiger partial charge in [-0.15, -0.1) is 0 Å². The molecular formula is C43H85N2+. The molecule has 0 aromatic carbocycles. The molecule has 0 spiro atoms. The Morgan fingerprint density at radius 1 is 0.378 bits per heavy atom. The standard InChI is InChI=1S/C43H85N2/c1-4-7-10-13-16-19-21-22-23-24-25-28-31-34-37-40-45-42-41-44(39-36-33-30-27-20-17-14-11-8-5-2)43(45)38-35-32-29-26-18-15-12-9-6-3/h41-42H,4-40H2,1-3H3/q+1. The molecule has 0 radical (unpaired) electrons. The second-order valence-corrected chi connectivity index (χ2v) is 14.8. The van der Waals surface area contributed by atoms with E-state index < -0.39 is 0 Å². The van der Waals surface area contributed by atoms with Gasteiger partial charge >= 0.3 is 0 Å². The molecule has 0 bridgehead atoms. The molecule has 0 aliphatic carbocycles. The van der Waals surface area contributed by atoms with Gasteiger partial charge in [-0.05, 0) is 32.1 Å².